The number of aliphatic hydroxyl groups is 1. The molecule has 3 aromatic rings. The van der Waals surface area contributed by atoms with Crippen molar-refractivity contribution in [1.82, 2.24) is 4.57 Å². The first-order valence-corrected chi connectivity index (χ1v) is 7.09. The number of pyridine rings is 1. The van der Waals surface area contributed by atoms with Crippen LogP contribution in [0.3, 0.4) is 0 Å². The molecule has 0 spiro atoms. The Balaban J connectivity index is 2.39. The van der Waals surface area contributed by atoms with Crippen molar-refractivity contribution in [2.45, 2.75) is 19.4 Å². The average molecular weight is 295 g/mol. The van der Waals surface area contributed by atoms with E-state index in [9.17, 15) is 14.7 Å². The number of rotatable bonds is 2. The maximum Gasteiger partial charge on any atom is 0.197 e. The second kappa shape index (κ2) is 4.78. The van der Waals surface area contributed by atoms with E-state index in [1.807, 2.05) is 29.8 Å². The predicted octanol–water partition coefficient (Wildman–Crippen LogP) is 2.65. The first-order chi connectivity index (χ1) is 10.3. The van der Waals surface area contributed by atoms with Crippen LogP contribution in [0, 0.1) is 0 Å². The maximum atomic E-state index is 12.7. The van der Waals surface area contributed by atoms with Crippen molar-refractivity contribution in [3.8, 4) is 0 Å². The molecule has 3 rings (SSSR count). The molecule has 0 bridgehead atoms. The molecule has 0 aliphatic carbocycles. The van der Waals surface area contributed by atoms with E-state index in [0.717, 1.165) is 11.0 Å². The Hall–Kier alpha value is -2.46. The lowest BCUT2D eigenvalue weighted by molar-refractivity contribution is 0.0488. The van der Waals surface area contributed by atoms with E-state index >= 15 is 0 Å². The largest absolute Gasteiger partial charge is 0.382 e. The highest BCUT2D eigenvalue weighted by molar-refractivity contribution is 6.05. The Kier molecular flexibility index (Phi) is 3.15. The highest BCUT2D eigenvalue weighted by atomic mass is 16.3. The van der Waals surface area contributed by atoms with Crippen LogP contribution >= 0.6 is 0 Å². The average Bonchev–Trinajstić information content (AvgIpc) is 2.50. The minimum absolute atomic E-state index is 0.103. The van der Waals surface area contributed by atoms with Crippen LogP contribution in [0.4, 0.5) is 0 Å². The molecule has 0 aliphatic rings. The van der Waals surface area contributed by atoms with E-state index in [2.05, 4.69) is 0 Å². The van der Waals surface area contributed by atoms with Crippen molar-refractivity contribution >= 4 is 27.6 Å². The lowest BCUT2D eigenvalue weighted by Gasteiger charge is -2.16. The van der Waals surface area contributed by atoms with Crippen molar-refractivity contribution in [2.75, 3.05) is 0 Å². The third-order valence-corrected chi connectivity index (χ3v) is 3.93. The topological polar surface area (TPSA) is 59.3 Å². The summed E-state index contributed by atoms with van der Waals surface area (Å²) < 4.78 is 1.93. The number of nitrogens with zero attached hydrogens (tertiary/aromatic N) is 1. The Morgan fingerprint density at radius 2 is 1.68 bits per heavy atom. The normalized spacial score (nSPS) is 12.0. The van der Waals surface area contributed by atoms with Gasteiger partial charge in [0, 0.05) is 23.4 Å². The van der Waals surface area contributed by atoms with Crippen molar-refractivity contribution in [3.05, 3.63) is 58.3 Å². The van der Waals surface area contributed by atoms with Crippen molar-refractivity contribution in [1.29, 1.82) is 0 Å². The maximum absolute atomic E-state index is 12.7. The van der Waals surface area contributed by atoms with E-state index in [0.29, 0.717) is 16.3 Å². The number of carbonyl (C=O) groups is 1. The quantitative estimate of drug-likeness (QED) is 0.584. The smallest absolute Gasteiger partial charge is 0.197 e. The third-order valence-electron chi connectivity index (χ3n) is 3.93. The number of Topliss-reactive ketones (excluding diaryl/α,β-unsaturated/α-hetero) is 1. The van der Waals surface area contributed by atoms with E-state index in [1.165, 1.54) is 13.8 Å². The molecule has 4 heteroatoms. The van der Waals surface area contributed by atoms with E-state index < -0.39 is 11.4 Å². The van der Waals surface area contributed by atoms with Gasteiger partial charge in [0.15, 0.2) is 11.2 Å². The van der Waals surface area contributed by atoms with Gasteiger partial charge in [0.05, 0.1) is 11.0 Å². The van der Waals surface area contributed by atoms with E-state index in [1.54, 1.807) is 24.3 Å². The first kappa shape index (κ1) is 14.5. The molecule has 0 aliphatic heterocycles. The number of para-hydroxylation sites is 1. The molecule has 0 amide bonds. The summed E-state index contributed by atoms with van der Waals surface area (Å²) in [5, 5.41) is 11.0. The molecule has 1 aromatic heterocycles. The van der Waals surface area contributed by atoms with E-state index in [4.69, 9.17) is 0 Å². The van der Waals surface area contributed by atoms with Gasteiger partial charge in [-0.15, -0.1) is 0 Å². The zero-order valence-electron chi connectivity index (χ0n) is 12.8. The number of carbonyl (C=O) groups excluding carboxylic acids is 1. The molecule has 1 heterocycles. The van der Waals surface area contributed by atoms with Gasteiger partial charge in [-0.3, -0.25) is 9.59 Å². The molecule has 22 heavy (non-hydrogen) atoms. The molecule has 0 atom stereocenters. The predicted molar refractivity (Wildman–Crippen MR) is 87.3 cm³/mol. The van der Waals surface area contributed by atoms with Crippen molar-refractivity contribution < 1.29 is 9.90 Å². The van der Waals surface area contributed by atoms with Crippen molar-refractivity contribution in [2.24, 2.45) is 7.05 Å². The molecular weight excluding hydrogens is 278 g/mol. The van der Waals surface area contributed by atoms with Gasteiger partial charge in [-0.25, -0.2) is 0 Å². The number of ketones is 1. The highest BCUT2D eigenvalue weighted by Gasteiger charge is 2.25. The standard InChI is InChI=1S/C18H17NO3/c1-18(2,22)17(21)11-8-9-15-13(10-11)16(20)12-6-4-5-7-14(12)19(15)3/h4-10,22H,1-3H3. The van der Waals surface area contributed by atoms with E-state index in [-0.39, 0.29) is 5.43 Å². The summed E-state index contributed by atoms with van der Waals surface area (Å²) in [6.07, 6.45) is 0. The minimum Gasteiger partial charge on any atom is -0.382 e. The zero-order chi connectivity index (χ0) is 16.1. The molecule has 4 nitrogen and oxygen atoms in total. The zero-order valence-corrected chi connectivity index (χ0v) is 12.8. The lowest BCUT2D eigenvalue weighted by atomic mass is 9.95. The van der Waals surface area contributed by atoms with Crippen LogP contribution in [0.1, 0.15) is 24.2 Å². The summed E-state index contributed by atoms with van der Waals surface area (Å²) in [6.45, 7) is 2.88. The summed E-state index contributed by atoms with van der Waals surface area (Å²) in [4.78, 5) is 24.9. The summed E-state index contributed by atoms with van der Waals surface area (Å²) in [6, 6.07) is 12.4. The fraction of sp³-hybridized carbons (Fsp3) is 0.222. The van der Waals surface area contributed by atoms with Crippen LogP contribution in [0.2, 0.25) is 0 Å². The van der Waals surface area contributed by atoms with Gasteiger partial charge in [-0.1, -0.05) is 12.1 Å². The SMILES string of the molecule is Cn1c2ccccc2c(=O)c2cc(C(=O)C(C)(C)O)ccc21. The van der Waals surface area contributed by atoms with Gasteiger partial charge in [0.2, 0.25) is 0 Å². The Morgan fingerprint density at radius 3 is 2.36 bits per heavy atom. The summed E-state index contributed by atoms with van der Waals surface area (Å²) in [5.41, 5.74) is 0.384. The molecule has 2 aromatic carbocycles. The Bertz CT molecular complexity index is 962. The van der Waals surface area contributed by atoms with Gasteiger partial charge >= 0.3 is 0 Å². The molecule has 0 saturated heterocycles. The lowest BCUT2D eigenvalue weighted by Crippen LogP contribution is -2.31. The Labute approximate surface area is 127 Å². The fourth-order valence-corrected chi connectivity index (χ4v) is 2.74. The van der Waals surface area contributed by atoms with Gasteiger partial charge in [0.1, 0.15) is 5.60 Å². The van der Waals surface area contributed by atoms with Gasteiger partial charge in [-0.2, -0.15) is 0 Å². The molecule has 1 N–H and O–H groups in total. The van der Waals surface area contributed by atoms with Crippen LogP contribution in [-0.2, 0) is 7.05 Å². The first-order valence-electron chi connectivity index (χ1n) is 7.09. The molecule has 112 valence electrons. The summed E-state index contributed by atoms with van der Waals surface area (Å²) >= 11 is 0. The van der Waals surface area contributed by atoms with Gasteiger partial charge in [0.25, 0.3) is 0 Å². The summed E-state index contributed by atoms with van der Waals surface area (Å²) in [5.74, 6) is -0.399. The van der Waals surface area contributed by atoms with Crippen LogP contribution in [0.15, 0.2) is 47.3 Å². The number of aromatic nitrogens is 1. The number of benzene rings is 2. The number of hydrogen-bond acceptors (Lipinski definition) is 3. The van der Waals surface area contributed by atoms with Crippen LogP contribution in [-0.4, -0.2) is 21.1 Å². The molecule has 0 fully saturated rings. The van der Waals surface area contributed by atoms with Gasteiger partial charge in [-0.05, 0) is 44.2 Å². The van der Waals surface area contributed by atoms with Crippen LogP contribution < -0.4 is 5.43 Å². The Morgan fingerprint density at radius 1 is 1.05 bits per heavy atom. The highest BCUT2D eigenvalue weighted by Crippen LogP contribution is 2.21. The third kappa shape index (κ3) is 2.12. The summed E-state index contributed by atoms with van der Waals surface area (Å²) in [7, 11) is 1.89. The molecular formula is C18H17NO3. The minimum atomic E-state index is -1.46. The molecule has 0 saturated carbocycles. The van der Waals surface area contributed by atoms with Crippen molar-refractivity contribution in [3.63, 3.8) is 0 Å². The van der Waals surface area contributed by atoms with Crippen LogP contribution in [0.5, 0.6) is 0 Å². The monoisotopic (exact) mass is 295 g/mol. The molecule has 0 radical (unpaired) electrons. The number of hydrogen-bond donors (Lipinski definition) is 1. The number of fused-ring (bicyclic) bond motifs is 2. The second-order valence-electron chi connectivity index (χ2n) is 6.03. The number of aryl methyl sites for hydroxylation is 1. The molecule has 0 unspecified atom stereocenters. The fourth-order valence-electron chi connectivity index (χ4n) is 2.74. The van der Waals surface area contributed by atoms with Gasteiger partial charge < -0.3 is 9.67 Å². The second-order valence-corrected chi connectivity index (χ2v) is 6.03. The van der Waals surface area contributed by atoms with Crippen LogP contribution in [0.25, 0.3) is 21.8 Å².